The van der Waals surface area contributed by atoms with Gasteiger partial charge in [0.25, 0.3) is 10.0 Å². The molecule has 0 rings (SSSR count). The molecule has 0 aromatic rings. The molecule has 0 spiro atoms. The number of carbonyl (C=O) groups is 1. The predicted octanol–water partition coefficient (Wildman–Crippen LogP) is 5.84. The molecule has 5 nitrogen and oxygen atoms in total. The number of unbranched alkanes of at least 4 members (excludes halogenated alkanes) is 8. The summed E-state index contributed by atoms with van der Waals surface area (Å²) in [5, 5.41) is -6.90. The lowest BCUT2D eigenvalue weighted by atomic mass is 10.0. The number of halogens is 9. The second kappa shape index (κ2) is 12.6. The summed E-state index contributed by atoms with van der Waals surface area (Å²) in [6, 6.07) is -2.14. The summed E-state index contributed by atoms with van der Waals surface area (Å²) in [6.07, 6.45) is -0.722. The van der Waals surface area contributed by atoms with Gasteiger partial charge >= 0.3 is 23.3 Å². The van der Waals surface area contributed by atoms with Crippen molar-refractivity contribution in [2.45, 2.75) is 107 Å². The normalized spacial score (nSPS) is 15.1. The minimum absolute atomic E-state index is 0.0509. The van der Waals surface area contributed by atoms with Crippen LogP contribution >= 0.6 is 0 Å². The molecule has 0 bridgehead atoms. The summed E-state index contributed by atoms with van der Waals surface area (Å²) in [5.74, 6) is -16.3. The molecule has 15 heteroatoms. The first-order chi connectivity index (χ1) is 15.3. The van der Waals surface area contributed by atoms with Crippen molar-refractivity contribution in [1.29, 1.82) is 0 Å². The van der Waals surface area contributed by atoms with Crippen LogP contribution in [-0.4, -0.2) is 54.5 Å². The lowest BCUT2D eigenvalue weighted by molar-refractivity contribution is -0.382. The third-order valence-electron chi connectivity index (χ3n) is 5.32. The van der Waals surface area contributed by atoms with E-state index < -0.39 is 62.5 Å². The second-order valence-corrected chi connectivity index (χ2v) is 9.84. The average Bonchev–Trinajstić information content (AvgIpc) is 2.70. The Bertz CT molecular complexity index is 744. The third-order valence-corrected chi connectivity index (χ3v) is 7.35. The van der Waals surface area contributed by atoms with Crippen LogP contribution in [0, 0.1) is 0 Å². The highest BCUT2D eigenvalue weighted by Crippen LogP contribution is 2.55. The lowest BCUT2D eigenvalue weighted by Crippen LogP contribution is -2.66. The quantitative estimate of drug-likeness (QED) is 0.187. The summed E-state index contributed by atoms with van der Waals surface area (Å²) in [7, 11) is -6.89. The smallest absolute Gasteiger partial charge is 0.368 e. The minimum Gasteiger partial charge on any atom is -0.368 e. The first-order valence-electron chi connectivity index (χ1n) is 10.8. The summed E-state index contributed by atoms with van der Waals surface area (Å²) >= 11 is 0. The van der Waals surface area contributed by atoms with Crippen molar-refractivity contribution in [3.63, 3.8) is 0 Å². The molecule has 0 aromatic heterocycles. The van der Waals surface area contributed by atoms with Gasteiger partial charge in [0.05, 0.1) is 0 Å². The van der Waals surface area contributed by atoms with Crippen LogP contribution in [0.3, 0.4) is 0 Å². The van der Waals surface area contributed by atoms with Gasteiger partial charge in [-0.3, -0.25) is 4.79 Å². The van der Waals surface area contributed by atoms with Crippen LogP contribution < -0.4 is 5.73 Å². The molecule has 0 aliphatic carbocycles. The Balaban J connectivity index is 5.55. The Morgan fingerprint density at radius 2 is 1.18 bits per heavy atom. The van der Waals surface area contributed by atoms with Gasteiger partial charge in [-0.2, -0.15) is 43.8 Å². The second-order valence-electron chi connectivity index (χ2n) is 7.91. The average molecular weight is 539 g/mol. The third kappa shape index (κ3) is 7.14. The Labute approximate surface area is 193 Å². The van der Waals surface area contributed by atoms with Gasteiger partial charge in [0.15, 0.2) is 0 Å². The van der Waals surface area contributed by atoms with Crippen molar-refractivity contribution in [3.8, 4) is 0 Å². The Morgan fingerprint density at radius 3 is 1.53 bits per heavy atom. The number of nitrogens with two attached hydrogens (primary N) is 1. The molecule has 2 N–H and O–H groups in total. The van der Waals surface area contributed by atoms with E-state index in [1.165, 1.54) is 0 Å². The number of carbonyl (C=O) groups excluding carboxylic acids is 1. The maximum absolute atomic E-state index is 14.2. The van der Waals surface area contributed by atoms with E-state index in [0.29, 0.717) is 12.8 Å². The molecular formula is C19H31F9N2O3S. The van der Waals surface area contributed by atoms with E-state index in [4.69, 9.17) is 5.73 Å². The summed E-state index contributed by atoms with van der Waals surface area (Å²) < 4.78 is 143. The molecule has 1 amide bonds. The molecular weight excluding hydrogens is 507 g/mol. The van der Waals surface area contributed by atoms with Crippen molar-refractivity contribution in [3.05, 3.63) is 0 Å². The highest BCUT2D eigenvalue weighted by molar-refractivity contribution is 7.90. The summed E-state index contributed by atoms with van der Waals surface area (Å²) in [5.41, 5.74) is 5.02. The van der Waals surface area contributed by atoms with E-state index in [2.05, 4.69) is 0 Å². The van der Waals surface area contributed by atoms with Gasteiger partial charge in [-0.1, -0.05) is 71.6 Å². The number of sulfonamides is 1. The number of hydrogen-bond acceptors (Lipinski definition) is 3. The fourth-order valence-corrected chi connectivity index (χ4v) is 4.94. The number of hydrogen-bond donors (Lipinski definition) is 1. The Morgan fingerprint density at radius 1 is 0.765 bits per heavy atom. The zero-order valence-corrected chi connectivity index (χ0v) is 19.7. The number of rotatable bonds is 17. The Hall–Kier alpha value is -1.25. The molecule has 204 valence electrons. The van der Waals surface area contributed by atoms with Gasteiger partial charge < -0.3 is 5.73 Å². The van der Waals surface area contributed by atoms with Gasteiger partial charge in [0.1, 0.15) is 6.04 Å². The standard InChI is InChI=1S/C19H31F9N2O3S/c1-3-5-6-7-8-9-10-11-12-13-14(15(29)31)30(4-2)34(32,33)19(27,28)17(22,23)16(20,21)18(24,25)26/h14H,3-13H2,1-2H3,(H2,29,31). The van der Waals surface area contributed by atoms with E-state index in [9.17, 15) is 52.7 Å². The molecule has 0 radical (unpaired) electrons. The lowest BCUT2D eigenvalue weighted by Gasteiger charge is -2.37. The highest BCUT2D eigenvalue weighted by atomic mass is 32.2. The zero-order valence-electron chi connectivity index (χ0n) is 18.9. The van der Waals surface area contributed by atoms with Crippen molar-refractivity contribution >= 4 is 15.9 Å². The highest BCUT2D eigenvalue weighted by Gasteiger charge is 2.86. The molecule has 0 aromatic carbocycles. The predicted molar refractivity (Wildman–Crippen MR) is 107 cm³/mol. The molecule has 0 saturated carbocycles. The fraction of sp³-hybridized carbons (Fsp3) is 0.947. The van der Waals surface area contributed by atoms with Crippen LogP contribution in [0.2, 0.25) is 0 Å². The van der Waals surface area contributed by atoms with E-state index in [1.54, 1.807) is 0 Å². The molecule has 34 heavy (non-hydrogen) atoms. The maximum Gasteiger partial charge on any atom is 0.460 e. The van der Waals surface area contributed by atoms with Crippen LogP contribution in [0.1, 0.15) is 78.1 Å². The van der Waals surface area contributed by atoms with Gasteiger partial charge in [0.2, 0.25) is 5.91 Å². The maximum atomic E-state index is 14.2. The number of nitrogens with zero attached hydrogens (tertiary/aromatic N) is 1. The largest absolute Gasteiger partial charge is 0.460 e. The zero-order chi connectivity index (χ0) is 27.0. The fourth-order valence-electron chi connectivity index (χ4n) is 3.30. The molecule has 0 aliphatic heterocycles. The molecule has 0 saturated heterocycles. The SMILES string of the molecule is CCCCCCCCCCCC(C(N)=O)N(CC)S(=O)(=O)C(F)(F)C(F)(F)C(F)(F)C(F)(F)F. The number of primary amides is 1. The molecule has 1 unspecified atom stereocenters. The van der Waals surface area contributed by atoms with Gasteiger partial charge in [-0.05, 0) is 6.42 Å². The summed E-state index contributed by atoms with van der Waals surface area (Å²) in [6.45, 7) is 1.77. The monoisotopic (exact) mass is 538 g/mol. The molecule has 1 atom stereocenters. The van der Waals surface area contributed by atoms with Crippen LogP contribution in [0.5, 0.6) is 0 Å². The van der Waals surface area contributed by atoms with Crippen LogP contribution in [0.4, 0.5) is 39.5 Å². The van der Waals surface area contributed by atoms with Gasteiger partial charge in [-0.15, -0.1) is 0 Å². The summed E-state index contributed by atoms with van der Waals surface area (Å²) in [4.78, 5) is 11.7. The van der Waals surface area contributed by atoms with Crippen molar-refractivity contribution in [1.82, 2.24) is 4.31 Å². The first-order valence-corrected chi connectivity index (χ1v) is 12.3. The van der Waals surface area contributed by atoms with Crippen molar-refractivity contribution in [2.24, 2.45) is 5.73 Å². The first kappa shape index (κ1) is 32.8. The van der Waals surface area contributed by atoms with E-state index in [1.807, 2.05) is 6.92 Å². The number of likely N-dealkylation sites (N-methyl/N-ethyl adjacent to an activating group) is 1. The van der Waals surface area contributed by atoms with Crippen LogP contribution in [0.15, 0.2) is 0 Å². The topological polar surface area (TPSA) is 80.5 Å². The minimum atomic E-state index is -7.38. The van der Waals surface area contributed by atoms with E-state index >= 15 is 0 Å². The van der Waals surface area contributed by atoms with Crippen molar-refractivity contribution in [2.75, 3.05) is 6.54 Å². The number of alkyl halides is 9. The molecule has 0 fully saturated rings. The van der Waals surface area contributed by atoms with Crippen LogP contribution in [0.25, 0.3) is 0 Å². The van der Waals surface area contributed by atoms with Crippen LogP contribution in [-0.2, 0) is 14.8 Å². The molecule has 0 aliphatic rings. The van der Waals surface area contributed by atoms with E-state index in [0.717, 1.165) is 45.4 Å². The number of amides is 1. The van der Waals surface area contributed by atoms with E-state index in [-0.39, 0.29) is 6.42 Å². The Kier molecular flexibility index (Phi) is 12.2. The van der Waals surface area contributed by atoms with Gasteiger partial charge in [0, 0.05) is 6.54 Å². The molecule has 0 heterocycles. The van der Waals surface area contributed by atoms with Crippen molar-refractivity contribution < 1.29 is 52.7 Å². The van der Waals surface area contributed by atoms with Gasteiger partial charge in [-0.25, -0.2) is 8.42 Å².